The zero-order valence-corrected chi connectivity index (χ0v) is 13.6. The fourth-order valence-corrected chi connectivity index (χ4v) is 3.22. The maximum absolute atomic E-state index is 10.7. The molecular formula is C17H24ClNO2. The molecule has 0 aliphatic heterocycles. The molecule has 1 N–H and O–H groups in total. The first-order chi connectivity index (χ1) is 10.0. The van der Waals surface area contributed by atoms with Gasteiger partial charge in [-0.05, 0) is 50.2 Å². The van der Waals surface area contributed by atoms with Crippen molar-refractivity contribution in [2.75, 3.05) is 6.61 Å². The lowest BCUT2D eigenvalue weighted by Gasteiger charge is -2.32. The minimum atomic E-state index is -0.708. The van der Waals surface area contributed by atoms with Gasteiger partial charge >= 0.3 is 0 Å². The van der Waals surface area contributed by atoms with Crippen molar-refractivity contribution < 1.29 is 9.84 Å². The van der Waals surface area contributed by atoms with E-state index in [1.54, 1.807) is 18.5 Å². The van der Waals surface area contributed by atoms with E-state index in [0.717, 1.165) is 38.5 Å². The largest absolute Gasteiger partial charge is 0.488 e. The van der Waals surface area contributed by atoms with Crippen molar-refractivity contribution in [3.63, 3.8) is 0 Å². The summed E-state index contributed by atoms with van der Waals surface area (Å²) in [5.74, 6) is 0.676. The van der Waals surface area contributed by atoms with Crippen LogP contribution < -0.4 is 4.74 Å². The van der Waals surface area contributed by atoms with Gasteiger partial charge in [-0.3, -0.25) is 4.98 Å². The van der Waals surface area contributed by atoms with Crippen LogP contribution in [0, 0.1) is 0 Å². The molecule has 0 saturated heterocycles. The number of aliphatic hydroxyl groups is 1. The van der Waals surface area contributed by atoms with Gasteiger partial charge in [0.15, 0.2) is 0 Å². The van der Waals surface area contributed by atoms with Crippen molar-refractivity contribution in [3.05, 3.63) is 34.6 Å². The highest BCUT2D eigenvalue weighted by atomic mass is 35.5. The van der Waals surface area contributed by atoms with Crippen LogP contribution in [0.15, 0.2) is 29.6 Å². The van der Waals surface area contributed by atoms with Crippen LogP contribution >= 0.6 is 11.6 Å². The summed E-state index contributed by atoms with van der Waals surface area (Å²) in [7, 11) is 0. The lowest BCUT2D eigenvalue weighted by atomic mass is 9.80. The van der Waals surface area contributed by atoms with Gasteiger partial charge in [-0.1, -0.05) is 24.9 Å². The topological polar surface area (TPSA) is 42.4 Å². The minimum Gasteiger partial charge on any atom is -0.488 e. The number of ether oxygens (including phenoxy) is 1. The van der Waals surface area contributed by atoms with E-state index in [-0.39, 0.29) is 0 Å². The Labute approximate surface area is 132 Å². The number of hydrogen-bond acceptors (Lipinski definition) is 3. The number of hydrogen-bond donors (Lipinski definition) is 1. The Kier molecular flexibility index (Phi) is 5.65. The van der Waals surface area contributed by atoms with Crippen molar-refractivity contribution in [2.24, 2.45) is 0 Å². The summed E-state index contributed by atoms with van der Waals surface area (Å²) in [6.45, 7) is 4.54. The van der Waals surface area contributed by atoms with Crippen molar-refractivity contribution >= 4 is 11.6 Å². The molecule has 2 rings (SSSR count). The Morgan fingerprint density at radius 1 is 1.33 bits per heavy atom. The highest BCUT2D eigenvalue weighted by molar-refractivity contribution is 6.30. The molecule has 1 unspecified atom stereocenters. The highest BCUT2D eigenvalue weighted by Crippen LogP contribution is 2.35. The Bertz CT molecular complexity index is 511. The molecule has 1 aliphatic carbocycles. The third-order valence-corrected chi connectivity index (χ3v) is 4.27. The quantitative estimate of drug-likeness (QED) is 0.785. The molecule has 1 atom stereocenters. The summed E-state index contributed by atoms with van der Waals surface area (Å²) in [5, 5.41) is 11.3. The van der Waals surface area contributed by atoms with Crippen LogP contribution in [0.3, 0.4) is 0 Å². The van der Waals surface area contributed by atoms with Crippen molar-refractivity contribution in [1.82, 2.24) is 4.98 Å². The van der Waals surface area contributed by atoms with Gasteiger partial charge in [-0.2, -0.15) is 0 Å². The Morgan fingerprint density at radius 2 is 2.10 bits per heavy atom. The third-order valence-electron chi connectivity index (χ3n) is 4.06. The third kappa shape index (κ3) is 4.45. The van der Waals surface area contributed by atoms with Crippen LogP contribution in [0.25, 0.3) is 0 Å². The zero-order chi connectivity index (χ0) is 15.3. The minimum absolute atomic E-state index is 0.511. The Hall–Kier alpha value is -1.06. The van der Waals surface area contributed by atoms with Gasteiger partial charge in [0.1, 0.15) is 12.4 Å². The maximum Gasteiger partial charge on any atom is 0.139 e. The fourth-order valence-electron chi connectivity index (χ4n) is 3.06. The van der Waals surface area contributed by atoms with Crippen molar-refractivity contribution in [2.45, 2.75) is 58.0 Å². The average Bonchev–Trinajstić information content (AvgIpc) is 2.45. The first-order valence-corrected chi connectivity index (χ1v) is 8.08. The fraction of sp³-hybridized carbons (Fsp3) is 0.588. The molecule has 0 bridgehead atoms. The molecule has 3 nitrogen and oxygen atoms in total. The monoisotopic (exact) mass is 309 g/mol. The zero-order valence-electron chi connectivity index (χ0n) is 12.9. The van der Waals surface area contributed by atoms with Gasteiger partial charge in [0.05, 0.1) is 16.8 Å². The molecule has 1 aromatic rings. The molecule has 0 radical (unpaired) electrons. The van der Waals surface area contributed by atoms with Gasteiger partial charge < -0.3 is 9.84 Å². The van der Waals surface area contributed by atoms with E-state index < -0.39 is 5.60 Å². The molecule has 0 saturated carbocycles. The molecule has 21 heavy (non-hydrogen) atoms. The summed E-state index contributed by atoms with van der Waals surface area (Å²) >= 11 is 5.91. The molecule has 4 heteroatoms. The maximum atomic E-state index is 10.7. The second-order valence-corrected chi connectivity index (χ2v) is 6.38. The molecule has 0 fully saturated rings. The van der Waals surface area contributed by atoms with Gasteiger partial charge in [0.25, 0.3) is 0 Å². The Balaban J connectivity index is 2.12. The normalized spacial score (nSPS) is 18.5. The smallest absolute Gasteiger partial charge is 0.139 e. The highest BCUT2D eigenvalue weighted by Gasteiger charge is 2.29. The molecule has 1 aliphatic rings. The van der Waals surface area contributed by atoms with E-state index in [1.807, 2.05) is 6.92 Å². The molecular weight excluding hydrogens is 286 g/mol. The first-order valence-electron chi connectivity index (χ1n) is 7.70. The molecule has 0 spiro atoms. The standard InChI is InChI=1S/C17H24ClNO2/c1-3-8-17(2,20)16-7-5-4-6-13(16)12-21-15-9-14(18)10-19-11-15/h9-11,20H,3-8,12H2,1-2H3. The van der Waals surface area contributed by atoms with Crippen molar-refractivity contribution in [3.8, 4) is 5.75 Å². The number of aromatic nitrogens is 1. The van der Waals surface area contributed by atoms with E-state index in [2.05, 4.69) is 11.9 Å². The van der Waals surface area contributed by atoms with Gasteiger partial charge in [-0.25, -0.2) is 0 Å². The van der Waals surface area contributed by atoms with Gasteiger partial charge in [0.2, 0.25) is 0 Å². The number of halogens is 1. The van der Waals surface area contributed by atoms with Gasteiger partial charge in [0, 0.05) is 12.3 Å². The molecule has 0 aromatic carbocycles. The number of pyridine rings is 1. The van der Waals surface area contributed by atoms with E-state index in [4.69, 9.17) is 16.3 Å². The summed E-state index contributed by atoms with van der Waals surface area (Å²) < 4.78 is 5.81. The van der Waals surface area contributed by atoms with Crippen LogP contribution in [0.1, 0.15) is 52.4 Å². The lowest BCUT2D eigenvalue weighted by Crippen LogP contribution is -2.30. The van der Waals surface area contributed by atoms with Crippen LogP contribution in [-0.2, 0) is 0 Å². The lowest BCUT2D eigenvalue weighted by molar-refractivity contribution is 0.0801. The first kappa shape index (κ1) is 16.3. The van der Waals surface area contributed by atoms with Crippen LogP contribution in [-0.4, -0.2) is 22.3 Å². The SMILES string of the molecule is CCCC(C)(O)C1=C(COc2cncc(Cl)c2)CCCC1. The van der Waals surface area contributed by atoms with Crippen molar-refractivity contribution in [1.29, 1.82) is 0 Å². The number of rotatable bonds is 6. The summed E-state index contributed by atoms with van der Waals surface area (Å²) in [5.41, 5.74) is 1.70. The summed E-state index contributed by atoms with van der Waals surface area (Å²) in [6.07, 6.45) is 9.32. The Morgan fingerprint density at radius 3 is 2.81 bits per heavy atom. The van der Waals surface area contributed by atoms with E-state index in [9.17, 15) is 5.11 Å². The average molecular weight is 310 g/mol. The van der Waals surface area contributed by atoms with Gasteiger partial charge in [-0.15, -0.1) is 0 Å². The molecule has 1 aromatic heterocycles. The number of nitrogens with zero attached hydrogens (tertiary/aromatic N) is 1. The van der Waals surface area contributed by atoms with Crippen LogP contribution in [0.5, 0.6) is 5.75 Å². The second kappa shape index (κ2) is 7.28. The predicted octanol–water partition coefficient (Wildman–Crippen LogP) is 4.54. The summed E-state index contributed by atoms with van der Waals surface area (Å²) in [6, 6.07) is 1.77. The van der Waals surface area contributed by atoms with Crippen LogP contribution in [0.4, 0.5) is 0 Å². The molecule has 116 valence electrons. The van der Waals surface area contributed by atoms with E-state index >= 15 is 0 Å². The molecule has 1 heterocycles. The predicted molar refractivity (Wildman–Crippen MR) is 85.8 cm³/mol. The molecule has 0 amide bonds. The van der Waals surface area contributed by atoms with Crippen LogP contribution in [0.2, 0.25) is 5.02 Å². The summed E-state index contributed by atoms with van der Waals surface area (Å²) in [4.78, 5) is 4.02. The second-order valence-electron chi connectivity index (χ2n) is 5.94. The van der Waals surface area contributed by atoms with E-state index in [1.165, 1.54) is 11.1 Å². The van der Waals surface area contributed by atoms with E-state index in [0.29, 0.717) is 17.4 Å².